The molecule has 1 aromatic carbocycles. The number of non-ortho nitro benzene ring substituents is 1. The number of carbonyl (C=O) groups excluding carboxylic acids is 2. The number of aromatic hydroxyl groups is 1. The Hall–Kier alpha value is -3.01. The van der Waals surface area contributed by atoms with Crippen molar-refractivity contribution in [2.45, 2.75) is 6.92 Å². The van der Waals surface area contributed by atoms with E-state index >= 15 is 0 Å². The lowest BCUT2D eigenvalue weighted by molar-refractivity contribution is -0.384. The Morgan fingerprint density at radius 2 is 2.13 bits per heavy atom. The van der Waals surface area contributed by atoms with E-state index in [9.17, 15) is 24.8 Å². The van der Waals surface area contributed by atoms with Gasteiger partial charge in [0.15, 0.2) is 5.11 Å². The van der Waals surface area contributed by atoms with Crippen LogP contribution >= 0.6 is 12.2 Å². The lowest BCUT2D eigenvalue weighted by Crippen LogP contribution is -2.33. The van der Waals surface area contributed by atoms with Crippen LogP contribution in [-0.2, 0) is 14.3 Å². The van der Waals surface area contributed by atoms with Gasteiger partial charge in [-0.05, 0) is 25.2 Å². The van der Waals surface area contributed by atoms with Gasteiger partial charge in [-0.2, -0.15) is 0 Å². The fourth-order valence-corrected chi connectivity index (χ4v) is 1.59. The number of nitrogens with one attached hydrogen (secondary N) is 2. The molecule has 0 aliphatic carbocycles. The van der Waals surface area contributed by atoms with Crippen LogP contribution in [0.1, 0.15) is 6.92 Å². The number of phenols is 1. The second kappa shape index (κ2) is 8.44. The molecular formula is C13H13N3O6S. The van der Waals surface area contributed by atoms with Crippen molar-refractivity contribution in [2.24, 2.45) is 0 Å². The third-order valence-electron chi connectivity index (χ3n) is 2.33. The average molecular weight is 339 g/mol. The fourth-order valence-electron chi connectivity index (χ4n) is 1.38. The van der Waals surface area contributed by atoms with Gasteiger partial charge in [-0.25, -0.2) is 4.79 Å². The van der Waals surface area contributed by atoms with Crippen molar-refractivity contribution < 1.29 is 24.4 Å². The topological polar surface area (TPSA) is 131 Å². The van der Waals surface area contributed by atoms with E-state index in [2.05, 4.69) is 15.4 Å². The van der Waals surface area contributed by atoms with Gasteiger partial charge < -0.3 is 15.2 Å². The summed E-state index contributed by atoms with van der Waals surface area (Å²) in [4.78, 5) is 32.6. The van der Waals surface area contributed by atoms with Gasteiger partial charge >= 0.3 is 5.97 Å². The third kappa shape index (κ3) is 6.09. The molecule has 0 atom stereocenters. The molecule has 0 radical (unpaired) electrons. The van der Waals surface area contributed by atoms with Crippen molar-refractivity contribution >= 4 is 40.6 Å². The first kappa shape index (κ1) is 18.0. The first-order valence-corrected chi connectivity index (χ1v) is 6.68. The molecule has 10 heteroatoms. The molecule has 0 aliphatic rings. The first-order valence-electron chi connectivity index (χ1n) is 6.27. The van der Waals surface area contributed by atoms with Crippen molar-refractivity contribution in [3.05, 3.63) is 40.5 Å². The molecule has 3 N–H and O–H groups in total. The molecule has 1 rings (SSSR count). The van der Waals surface area contributed by atoms with Crippen molar-refractivity contribution in [1.29, 1.82) is 0 Å². The summed E-state index contributed by atoms with van der Waals surface area (Å²) in [6.07, 6.45) is 1.84. The molecule has 9 nitrogen and oxygen atoms in total. The van der Waals surface area contributed by atoms with E-state index in [-0.39, 0.29) is 28.8 Å². The number of ether oxygens (including phenoxy) is 1. The minimum absolute atomic E-state index is 0.0427. The number of rotatable bonds is 5. The smallest absolute Gasteiger partial charge is 0.330 e. The lowest BCUT2D eigenvalue weighted by Gasteiger charge is -2.09. The minimum atomic E-state index is -0.708. The van der Waals surface area contributed by atoms with E-state index in [0.29, 0.717) is 0 Å². The Labute approximate surface area is 136 Å². The highest BCUT2D eigenvalue weighted by Gasteiger charge is 2.12. The molecule has 122 valence electrons. The number of benzene rings is 1. The van der Waals surface area contributed by atoms with Crippen molar-refractivity contribution in [3.63, 3.8) is 0 Å². The number of anilines is 1. The van der Waals surface area contributed by atoms with Gasteiger partial charge in [0.25, 0.3) is 5.69 Å². The quantitative estimate of drug-likeness (QED) is 0.182. The summed E-state index contributed by atoms with van der Waals surface area (Å²) in [7, 11) is 0. The zero-order chi connectivity index (χ0) is 17.4. The summed E-state index contributed by atoms with van der Waals surface area (Å²) in [5, 5.41) is 24.7. The molecule has 1 aromatic rings. The standard InChI is InChI=1S/C13H13N3O6S/c1-2-22-12(19)6-5-11(18)15-13(23)14-9-7-8(16(20)21)3-4-10(9)17/h3-7,17H,2H2,1H3,(H2,14,15,18,23)/b6-5+. The van der Waals surface area contributed by atoms with E-state index in [4.69, 9.17) is 12.2 Å². The highest BCUT2D eigenvalue weighted by molar-refractivity contribution is 7.80. The summed E-state index contributed by atoms with van der Waals surface area (Å²) < 4.78 is 4.59. The molecule has 1 amide bonds. The lowest BCUT2D eigenvalue weighted by atomic mass is 10.2. The van der Waals surface area contributed by atoms with Crippen LogP contribution < -0.4 is 10.6 Å². The monoisotopic (exact) mass is 339 g/mol. The van der Waals surface area contributed by atoms with E-state index in [1.165, 1.54) is 0 Å². The van der Waals surface area contributed by atoms with Crippen LogP contribution in [0.4, 0.5) is 11.4 Å². The molecule has 0 spiro atoms. The predicted octanol–water partition coefficient (Wildman–Crippen LogP) is 1.23. The van der Waals surface area contributed by atoms with Crippen LogP contribution in [0, 0.1) is 10.1 Å². The van der Waals surface area contributed by atoms with Crippen LogP contribution in [0.25, 0.3) is 0 Å². The second-order valence-electron chi connectivity index (χ2n) is 3.99. The molecule has 0 bridgehead atoms. The van der Waals surface area contributed by atoms with Gasteiger partial charge in [-0.3, -0.25) is 20.2 Å². The maximum Gasteiger partial charge on any atom is 0.330 e. The van der Waals surface area contributed by atoms with Crippen LogP contribution in [0.3, 0.4) is 0 Å². The maximum atomic E-state index is 11.5. The Bertz CT molecular complexity index is 674. The molecule has 0 saturated heterocycles. The highest BCUT2D eigenvalue weighted by Crippen LogP contribution is 2.27. The largest absolute Gasteiger partial charge is 0.506 e. The van der Waals surface area contributed by atoms with E-state index in [0.717, 1.165) is 30.4 Å². The summed E-state index contributed by atoms with van der Waals surface area (Å²) in [6.45, 7) is 1.80. The molecule has 0 saturated carbocycles. The van der Waals surface area contributed by atoms with Crippen molar-refractivity contribution in [3.8, 4) is 5.75 Å². The Kier molecular flexibility index (Phi) is 6.62. The summed E-state index contributed by atoms with van der Waals surface area (Å²) >= 11 is 4.84. The molecule has 0 unspecified atom stereocenters. The highest BCUT2D eigenvalue weighted by atomic mass is 32.1. The van der Waals surface area contributed by atoms with Crippen molar-refractivity contribution in [2.75, 3.05) is 11.9 Å². The summed E-state index contributed by atoms with van der Waals surface area (Å²) in [5.74, 6) is -1.67. The number of hydrogen-bond donors (Lipinski definition) is 3. The molecule has 0 aliphatic heterocycles. The van der Waals surface area contributed by atoms with Crippen molar-refractivity contribution in [1.82, 2.24) is 5.32 Å². The van der Waals surface area contributed by atoms with Gasteiger partial charge in [-0.15, -0.1) is 0 Å². The number of nitrogens with zero attached hydrogens (tertiary/aromatic N) is 1. The van der Waals surface area contributed by atoms with Gasteiger partial charge in [0, 0.05) is 24.3 Å². The maximum absolute atomic E-state index is 11.5. The molecular weight excluding hydrogens is 326 g/mol. The number of thiocarbonyl (C=S) groups is 1. The van der Waals surface area contributed by atoms with Crippen LogP contribution in [-0.4, -0.2) is 33.6 Å². The Morgan fingerprint density at radius 3 is 2.74 bits per heavy atom. The number of phenolic OH excluding ortho intramolecular Hbond substituents is 1. The SMILES string of the molecule is CCOC(=O)/C=C/C(=O)NC(=S)Nc1cc([N+](=O)[O-])ccc1O. The van der Waals surface area contributed by atoms with E-state index in [1.54, 1.807) is 6.92 Å². The predicted molar refractivity (Wildman–Crippen MR) is 84.9 cm³/mol. The number of hydrogen-bond acceptors (Lipinski definition) is 7. The average Bonchev–Trinajstić information content (AvgIpc) is 2.47. The summed E-state index contributed by atoms with van der Waals surface area (Å²) in [5.41, 5.74) is -0.305. The molecule has 23 heavy (non-hydrogen) atoms. The second-order valence-corrected chi connectivity index (χ2v) is 4.40. The normalized spacial score (nSPS) is 10.1. The number of nitro benzene ring substituents is 1. The van der Waals surface area contributed by atoms with Gasteiger partial charge in [0.2, 0.25) is 5.91 Å². The number of carbonyl (C=O) groups is 2. The minimum Gasteiger partial charge on any atom is -0.506 e. The third-order valence-corrected chi connectivity index (χ3v) is 2.54. The van der Waals surface area contributed by atoms with Crippen LogP contribution in [0.2, 0.25) is 0 Å². The van der Waals surface area contributed by atoms with E-state index in [1.807, 2.05) is 0 Å². The van der Waals surface area contributed by atoms with E-state index < -0.39 is 16.8 Å². The zero-order valence-corrected chi connectivity index (χ0v) is 12.8. The van der Waals surface area contributed by atoms with Gasteiger partial charge in [-0.1, -0.05) is 0 Å². The first-order chi connectivity index (χ1) is 10.8. The van der Waals surface area contributed by atoms with Gasteiger partial charge in [0.05, 0.1) is 17.2 Å². The fraction of sp³-hybridized carbons (Fsp3) is 0.154. The van der Waals surface area contributed by atoms with Gasteiger partial charge in [0.1, 0.15) is 5.75 Å². The molecule has 0 aromatic heterocycles. The zero-order valence-electron chi connectivity index (χ0n) is 11.9. The summed E-state index contributed by atoms with van der Waals surface area (Å²) in [6, 6.07) is 3.29. The molecule has 0 fully saturated rings. The number of esters is 1. The number of amides is 1. The van der Waals surface area contributed by atoms with Crippen LogP contribution in [0.15, 0.2) is 30.4 Å². The Balaban J connectivity index is 2.66. The Morgan fingerprint density at radius 1 is 1.43 bits per heavy atom. The number of nitro groups is 1. The molecule has 0 heterocycles. The van der Waals surface area contributed by atoms with Crippen LogP contribution in [0.5, 0.6) is 5.75 Å².